The topological polar surface area (TPSA) is 236 Å². The van der Waals surface area contributed by atoms with E-state index in [2.05, 4.69) is 24.9 Å². The molecule has 0 unspecified atom stereocenters. The first-order valence-electron chi connectivity index (χ1n) is 18.6. The van der Waals surface area contributed by atoms with Gasteiger partial charge >= 0.3 is 11.4 Å². The van der Waals surface area contributed by atoms with E-state index in [9.17, 15) is 26.4 Å². The van der Waals surface area contributed by atoms with Crippen LogP contribution in [0.3, 0.4) is 0 Å². The summed E-state index contributed by atoms with van der Waals surface area (Å²) in [5, 5.41) is 13.5. The van der Waals surface area contributed by atoms with Crippen molar-refractivity contribution in [1.82, 2.24) is 0 Å². The molecule has 0 fully saturated rings. The number of ketones is 2. The molecule has 16 heteroatoms. The number of allylic oxidation sites excluding steroid dienone is 2. The van der Waals surface area contributed by atoms with Gasteiger partial charge in [0.05, 0.1) is 9.79 Å². The molecule has 0 saturated carbocycles. The molecule has 0 aromatic heterocycles. The van der Waals surface area contributed by atoms with Crippen molar-refractivity contribution in [2.75, 3.05) is 12.5 Å². The van der Waals surface area contributed by atoms with Gasteiger partial charge in [0.15, 0.2) is 19.7 Å². The van der Waals surface area contributed by atoms with E-state index in [0.29, 0.717) is 28.4 Å². The van der Waals surface area contributed by atoms with Crippen molar-refractivity contribution in [3.8, 4) is 17.2 Å². The molecule has 0 heterocycles. The molecule has 3 N–H and O–H groups in total. The van der Waals surface area contributed by atoms with Crippen LogP contribution < -0.4 is 0 Å². The van der Waals surface area contributed by atoms with Gasteiger partial charge in [-0.15, -0.1) is 0 Å². The van der Waals surface area contributed by atoms with Gasteiger partial charge < -0.3 is 26.4 Å². The Kier molecular flexibility index (Phi) is 18.1. The van der Waals surface area contributed by atoms with Gasteiger partial charge in [-0.05, 0) is 77.4 Å². The zero-order valence-electron chi connectivity index (χ0n) is 35.1. The van der Waals surface area contributed by atoms with E-state index in [0.717, 1.165) is 29.2 Å². The molecule has 7 rings (SSSR count). The second-order valence-corrected chi connectivity index (χ2v) is 16.4. The van der Waals surface area contributed by atoms with E-state index in [1.54, 1.807) is 36.4 Å². The van der Waals surface area contributed by atoms with Crippen LogP contribution in [0.25, 0.3) is 23.2 Å². The molecule has 0 amide bonds. The number of hydrogen-bond donors (Lipinski definition) is 3. The summed E-state index contributed by atoms with van der Waals surface area (Å²) in [6.45, 7) is 4.00. The van der Waals surface area contributed by atoms with Crippen LogP contribution in [0.4, 0.5) is 0 Å². The van der Waals surface area contributed by atoms with E-state index in [1.807, 2.05) is 50.2 Å². The van der Waals surface area contributed by atoms with Gasteiger partial charge in [0.1, 0.15) is 17.2 Å². The number of hydrogen-bond acceptors (Lipinski definition) is 9. The molecule has 0 spiro atoms. The number of phenols is 3. The first kappa shape index (κ1) is 47.8. The molecule has 61 heavy (non-hydrogen) atoms. The van der Waals surface area contributed by atoms with Crippen molar-refractivity contribution in [2.45, 2.75) is 44.4 Å². The maximum atomic E-state index is 11.8. The van der Waals surface area contributed by atoms with E-state index in [1.165, 1.54) is 60.7 Å². The first-order chi connectivity index (χ1) is 29.1. The van der Waals surface area contributed by atoms with Gasteiger partial charge in [-0.3, -0.25) is 9.59 Å². The van der Waals surface area contributed by atoms with Crippen LogP contribution in [0.2, 0.25) is 0 Å². The maximum absolute atomic E-state index is 11.8. The summed E-state index contributed by atoms with van der Waals surface area (Å²) in [5.74, 6) is 0.376. The molecule has 0 bridgehead atoms. The van der Waals surface area contributed by atoms with Crippen molar-refractivity contribution in [2.24, 2.45) is 0 Å². The summed E-state index contributed by atoms with van der Waals surface area (Å²) in [4.78, 5) is 29.5. The summed E-state index contributed by atoms with van der Waals surface area (Å²) >= 11 is 0. The summed E-state index contributed by atoms with van der Waals surface area (Å²) < 4.78 is 67.1. The second-order valence-electron chi connectivity index (χ2n) is 12.4. The summed E-state index contributed by atoms with van der Waals surface area (Å²) in [5.41, 5.74) is 21.2. The van der Waals surface area contributed by atoms with Crippen LogP contribution in [-0.2, 0) is 52.4 Å². The summed E-state index contributed by atoms with van der Waals surface area (Å²) in [7, 11) is -6.80. The molecule has 0 atom stereocenters. The zero-order chi connectivity index (χ0) is 44.9. The smallest absolute Gasteiger partial charge is 0.362 e. The minimum Gasteiger partial charge on any atom is -0.508 e. The maximum Gasteiger partial charge on any atom is 0.362 e. The van der Waals surface area contributed by atoms with Crippen LogP contribution >= 0.6 is 0 Å². The first-order valence-corrected chi connectivity index (χ1v) is 21.2. The Morgan fingerprint density at radius 1 is 0.525 bits per heavy atom. The number of carbonyl (C=O) groups excluding carboxylic acids is 2. The van der Waals surface area contributed by atoms with Crippen LogP contribution in [0.5, 0.6) is 17.2 Å². The van der Waals surface area contributed by atoms with Gasteiger partial charge in [-0.1, -0.05) is 89.4 Å². The largest absolute Gasteiger partial charge is 0.508 e. The monoisotopic (exact) mass is 942 g/mol. The molecule has 315 valence electrons. The van der Waals surface area contributed by atoms with Gasteiger partial charge in [-0.2, -0.15) is 9.58 Å². The third kappa shape index (κ3) is 13.0. The van der Waals surface area contributed by atoms with Gasteiger partial charge in [-0.25, -0.2) is 16.8 Å². The number of sulfone groups is 2. The fourth-order valence-corrected chi connectivity index (χ4v) is 7.75. The number of fused-ring (bicyclic) bond motifs is 2. The molecule has 5 aromatic carbocycles. The third-order valence-corrected chi connectivity index (χ3v) is 10.9. The molecule has 13 nitrogen and oxygen atoms in total. The number of benzene rings is 5. The van der Waals surface area contributed by atoms with Crippen LogP contribution in [0.1, 0.15) is 83.2 Å². The average molecular weight is 943 g/mol. The Labute approximate surface area is 386 Å². The van der Waals surface area contributed by atoms with Gasteiger partial charge in [0.2, 0.25) is 0 Å². The molecular weight excluding hydrogens is 894 g/mol. The predicted octanol–water partition coefficient (Wildman–Crippen LogP) is 8.22. The molecule has 2 aliphatic rings. The SMILES string of the molecule is C.C.CC.CS(=O)(=O)c1cccc2c1C=CC(=[N+]=[N-])C2=O.CS(=O)(=O)c1cccc2c1C=CC(=[N+]=[N-])C2=O.[2H]Oc1ccc(C(c2ccc(O[2H])cc2)c2ccc(O[2H])cc2)cc1.[Y]. The van der Waals surface area contributed by atoms with Gasteiger partial charge in [0, 0.05) is 85.5 Å². The van der Waals surface area contributed by atoms with E-state index < -0.39 is 31.2 Å². The van der Waals surface area contributed by atoms with Crippen LogP contribution in [0, 0.1) is 0 Å². The normalized spacial score (nSPS) is 12.5. The molecule has 0 saturated heterocycles. The minimum absolute atomic E-state index is 0. The van der Waals surface area contributed by atoms with Crippen LogP contribution in [-0.4, -0.2) is 81.5 Å². The third-order valence-electron chi connectivity index (χ3n) is 8.56. The fraction of sp³-hybridized carbons (Fsp3) is 0.156. The Hall–Kier alpha value is -5.92. The van der Waals surface area contributed by atoms with Crippen molar-refractivity contribution in [1.29, 1.82) is 4.29 Å². The quantitative estimate of drug-likeness (QED) is 0.0771. The van der Waals surface area contributed by atoms with Crippen molar-refractivity contribution in [3.05, 3.63) is 171 Å². The number of Topliss-reactive ketones (excluding diaryl/α,β-unsaturated/α-hetero) is 2. The number of nitrogens with zero attached hydrogens (tertiary/aromatic N) is 4. The van der Waals surface area contributed by atoms with Crippen LogP contribution in [0.15, 0.2) is 131 Å². The number of rotatable bonds is 8. The summed E-state index contributed by atoms with van der Waals surface area (Å²) in [6, 6.07) is 30.8. The Bertz CT molecular complexity index is 2590. The Morgan fingerprint density at radius 3 is 1.07 bits per heavy atom. The fourth-order valence-electron chi connectivity index (χ4n) is 5.94. The predicted molar refractivity (Wildman–Crippen MR) is 233 cm³/mol. The number of phenolic OH excluding ortho intramolecular Hbond substituents is 3. The van der Waals surface area contributed by atoms with E-state index in [4.69, 9.17) is 15.4 Å². The molecule has 2 aliphatic carbocycles. The van der Waals surface area contributed by atoms with E-state index in [-0.39, 0.29) is 85.8 Å². The zero-order valence-corrected chi connectivity index (χ0v) is 36.6. The molecule has 0 aliphatic heterocycles. The summed E-state index contributed by atoms with van der Waals surface area (Å²) in [6.07, 6.45) is 7.66. The minimum atomic E-state index is -3.40. The number of carbonyl (C=O) groups is 2. The molecule has 1 radical (unpaired) electrons. The standard InChI is InChI=1S/C19H16O3.2C11H8N2O3S.C2H6.2CH4.Y/c20-16-7-1-13(2-8-16)19(14-3-9-17(21)10-4-14)15-5-11-18(22)12-6-15;2*1-17(15,16)10-4-2-3-8-7(10)5-6-9(13-12)11(8)14;1-2;;;/h1-12,19-22H;2*2-6H,1H3;1-2H3;2*1H4;/i/hD3. The van der Waals surface area contributed by atoms with Crippen molar-refractivity contribution in [3.63, 3.8) is 0 Å². The second kappa shape index (κ2) is 23.2. The van der Waals surface area contributed by atoms with Crippen molar-refractivity contribution < 1.29 is 84.0 Å². The molecular formula is C45H46N4O9S2Y. The average Bonchev–Trinajstić information content (AvgIpc) is 3.27. The Morgan fingerprint density at radius 2 is 0.820 bits per heavy atom. The Balaban J connectivity index is 0.000000472. The van der Waals surface area contributed by atoms with E-state index >= 15 is 0 Å². The van der Waals surface area contributed by atoms with Gasteiger partial charge in [0.25, 0.3) is 15.9 Å². The van der Waals surface area contributed by atoms with Crippen molar-refractivity contribution >= 4 is 54.8 Å². The molecule has 5 aromatic rings. The number of aromatic hydroxyl groups is 3.